The maximum absolute atomic E-state index is 11.4. The Labute approximate surface area is 140 Å². The lowest BCUT2D eigenvalue weighted by atomic mass is 10.0. The maximum Gasteiger partial charge on any atom is 0.254 e. The number of nitrogens with zero attached hydrogens (tertiary/aromatic N) is 2. The first-order valence-electron chi connectivity index (χ1n) is 7.92. The van der Waals surface area contributed by atoms with Crippen LogP contribution in [0.3, 0.4) is 0 Å². The SMILES string of the molecule is CC(C)[C@H](NC[C@H]1CNc2c(C(N)=O)cnn2C1)c1cccs1. The molecular weight excluding hydrogens is 310 g/mol. The molecule has 23 heavy (non-hydrogen) atoms. The van der Waals surface area contributed by atoms with Crippen LogP contribution in [0.5, 0.6) is 0 Å². The van der Waals surface area contributed by atoms with Gasteiger partial charge in [-0.15, -0.1) is 11.3 Å². The number of amides is 1. The van der Waals surface area contributed by atoms with E-state index in [9.17, 15) is 4.79 Å². The molecular formula is C16H23N5OS. The lowest BCUT2D eigenvalue weighted by Crippen LogP contribution is -2.38. The topological polar surface area (TPSA) is 85.0 Å². The van der Waals surface area contributed by atoms with Gasteiger partial charge in [-0.05, 0) is 17.4 Å². The fraction of sp³-hybridized carbons (Fsp3) is 0.500. The van der Waals surface area contributed by atoms with E-state index in [0.29, 0.717) is 23.4 Å². The van der Waals surface area contributed by atoms with Gasteiger partial charge in [0.1, 0.15) is 11.4 Å². The third-order valence-corrected chi connectivity index (χ3v) is 5.19. The van der Waals surface area contributed by atoms with E-state index in [2.05, 4.69) is 47.1 Å². The van der Waals surface area contributed by atoms with Crippen molar-refractivity contribution in [2.75, 3.05) is 18.4 Å². The molecule has 0 bridgehead atoms. The van der Waals surface area contributed by atoms with Crippen LogP contribution in [-0.2, 0) is 6.54 Å². The highest BCUT2D eigenvalue weighted by molar-refractivity contribution is 7.10. The molecule has 1 aliphatic rings. The molecule has 0 radical (unpaired) electrons. The van der Waals surface area contributed by atoms with E-state index in [1.807, 2.05) is 4.68 Å². The molecule has 3 rings (SSSR count). The minimum Gasteiger partial charge on any atom is -0.369 e. The van der Waals surface area contributed by atoms with E-state index in [1.54, 1.807) is 17.5 Å². The first kappa shape index (κ1) is 16.0. The minimum absolute atomic E-state index is 0.371. The van der Waals surface area contributed by atoms with Crippen molar-refractivity contribution < 1.29 is 4.79 Å². The molecule has 0 saturated carbocycles. The zero-order valence-electron chi connectivity index (χ0n) is 13.5. The molecule has 0 saturated heterocycles. The molecule has 0 fully saturated rings. The molecule has 6 nitrogen and oxygen atoms in total. The van der Waals surface area contributed by atoms with E-state index in [1.165, 1.54) is 4.88 Å². The molecule has 0 aromatic carbocycles. The van der Waals surface area contributed by atoms with E-state index in [4.69, 9.17) is 5.73 Å². The quantitative estimate of drug-likeness (QED) is 0.755. The molecule has 2 aromatic heterocycles. The highest BCUT2D eigenvalue weighted by atomic mass is 32.1. The van der Waals surface area contributed by atoms with Crippen molar-refractivity contribution in [2.45, 2.75) is 26.4 Å². The largest absolute Gasteiger partial charge is 0.369 e. The standard InChI is InChI=1S/C16H23N5OS/c1-10(2)14(13-4-3-5-23-13)18-6-11-7-19-16-12(15(17)22)8-20-21(16)9-11/h3-5,8,10-11,14,18-19H,6-7,9H2,1-2H3,(H2,17,22)/t11-,14-/m0/s1. The van der Waals surface area contributed by atoms with Gasteiger partial charge in [0.2, 0.25) is 0 Å². The number of carbonyl (C=O) groups is 1. The molecule has 0 aliphatic carbocycles. The highest BCUT2D eigenvalue weighted by Crippen LogP contribution is 2.27. The Bertz CT molecular complexity index is 664. The van der Waals surface area contributed by atoms with Crippen LogP contribution in [0, 0.1) is 11.8 Å². The summed E-state index contributed by atoms with van der Waals surface area (Å²) in [4.78, 5) is 12.7. The molecule has 3 heterocycles. The van der Waals surface area contributed by atoms with Crippen molar-refractivity contribution in [3.63, 3.8) is 0 Å². The smallest absolute Gasteiger partial charge is 0.254 e. The Morgan fingerprint density at radius 2 is 2.43 bits per heavy atom. The number of hydrogen-bond acceptors (Lipinski definition) is 5. The van der Waals surface area contributed by atoms with Crippen LogP contribution in [0.1, 0.15) is 35.1 Å². The normalized spacial score (nSPS) is 18.5. The van der Waals surface area contributed by atoms with Gasteiger partial charge >= 0.3 is 0 Å². The van der Waals surface area contributed by atoms with Crippen molar-refractivity contribution >= 4 is 23.1 Å². The van der Waals surface area contributed by atoms with Gasteiger partial charge in [-0.2, -0.15) is 5.10 Å². The average Bonchev–Trinajstić information content (AvgIpc) is 3.15. The summed E-state index contributed by atoms with van der Waals surface area (Å²) in [5.74, 6) is 1.26. The van der Waals surface area contributed by atoms with Gasteiger partial charge in [0.15, 0.2) is 0 Å². The third-order valence-electron chi connectivity index (χ3n) is 4.24. The zero-order chi connectivity index (χ0) is 16.4. The number of primary amides is 1. The summed E-state index contributed by atoms with van der Waals surface area (Å²) >= 11 is 1.79. The van der Waals surface area contributed by atoms with E-state index in [-0.39, 0.29) is 0 Å². The fourth-order valence-corrected chi connectivity index (χ4v) is 3.98. The Morgan fingerprint density at radius 1 is 1.61 bits per heavy atom. The lowest BCUT2D eigenvalue weighted by molar-refractivity contribution is 0.100. The molecule has 4 N–H and O–H groups in total. The monoisotopic (exact) mass is 333 g/mol. The van der Waals surface area contributed by atoms with E-state index < -0.39 is 5.91 Å². The number of nitrogens with one attached hydrogen (secondary N) is 2. The fourth-order valence-electron chi connectivity index (χ4n) is 3.00. The Hall–Kier alpha value is -1.86. The van der Waals surface area contributed by atoms with Crippen LogP contribution in [0.15, 0.2) is 23.7 Å². The summed E-state index contributed by atoms with van der Waals surface area (Å²) in [6.07, 6.45) is 1.54. The first-order chi connectivity index (χ1) is 11.1. The van der Waals surface area contributed by atoms with Crippen molar-refractivity contribution in [3.8, 4) is 0 Å². The van der Waals surface area contributed by atoms with Gasteiger partial charge in [-0.1, -0.05) is 19.9 Å². The van der Waals surface area contributed by atoms with Gasteiger partial charge in [0, 0.05) is 36.5 Å². The van der Waals surface area contributed by atoms with Crippen LogP contribution in [0.4, 0.5) is 5.82 Å². The Kier molecular flexibility index (Phi) is 4.68. The number of hydrogen-bond donors (Lipinski definition) is 3. The van der Waals surface area contributed by atoms with Crippen molar-refractivity contribution in [1.82, 2.24) is 15.1 Å². The number of carbonyl (C=O) groups excluding carboxylic acids is 1. The van der Waals surface area contributed by atoms with Gasteiger partial charge < -0.3 is 16.4 Å². The zero-order valence-corrected chi connectivity index (χ0v) is 14.3. The van der Waals surface area contributed by atoms with Gasteiger partial charge in [-0.25, -0.2) is 4.68 Å². The van der Waals surface area contributed by atoms with Crippen molar-refractivity contribution in [1.29, 1.82) is 0 Å². The summed E-state index contributed by atoms with van der Waals surface area (Å²) in [6, 6.07) is 4.66. The van der Waals surface area contributed by atoms with E-state index in [0.717, 1.165) is 25.5 Å². The predicted molar refractivity (Wildman–Crippen MR) is 92.6 cm³/mol. The van der Waals surface area contributed by atoms with Gasteiger partial charge in [0.05, 0.1) is 6.20 Å². The Morgan fingerprint density at radius 3 is 3.09 bits per heavy atom. The van der Waals surface area contributed by atoms with Crippen LogP contribution < -0.4 is 16.4 Å². The Balaban J connectivity index is 1.62. The van der Waals surface area contributed by atoms with Gasteiger partial charge in [-0.3, -0.25) is 4.79 Å². The van der Waals surface area contributed by atoms with Crippen LogP contribution in [-0.4, -0.2) is 28.8 Å². The summed E-state index contributed by atoms with van der Waals surface area (Å²) in [5, 5.41) is 13.4. The molecule has 1 aliphatic heterocycles. The predicted octanol–water partition coefficient (Wildman–Crippen LogP) is 2.07. The molecule has 1 amide bonds. The summed E-state index contributed by atoms with van der Waals surface area (Å²) in [6.45, 7) is 6.98. The molecule has 2 atom stereocenters. The van der Waals surface area contributed by atoms with Gasteiger partial charge in [0.25, 0.3) is 5.91 Å². The second-order valence-electron chi connectivity index (χ2n) is 6.35. The lowest BCUT2D eigenvalue weighted by Gasteiger charge is -2.29. The number of fused-ring (bicyclic) bond motifs is 1. The second kappa shape index (κ2) is 6.72. The highest BCUT2D eigenvalue weighted by Gasteiger charge is 2.25. The number of rotatable bonds is 6. The number of nitrogens with two attached hydrogens (primary N) is 1. The summed E-state index contributed by atoms with van der Waals surface area (Å²) < 4.78 is 1.84. The maximum atomic E-state index is 11.4. The van der Waals surface area contributed by atoms with Crippen molar-refractivity contribution in [3.05, 3.63) is 34.2 Å². The minimum atomic E-state index is -0.437. The van der Waals surface area contributed by atoms with E-state index >= 15 is 0 Å². The molecule has 0 spiro atoms. The first-order valence-corrected chi connectivity index (χ1v) is 8.80. The van der Waals surface area contributed by atoms with Crippen LogP contribution in [0.2, 0.25) is 0 Å². The van der Waals surface area contributed by atoms with Crippen LogP contribution >= 0.6 is 11.3 Å². The number of anilines is 1. The summed E-state index contributed by atoms with van der Waals surface area (Å²) in [5.41, 5.74) is 5.83. The average molecular weight is 333 g/mol. The van der Waals surface area contributed by atoms with Crippen LogP contribution in [0.25, 0.3) is 0 Å². The number of thiophene rings is 1. The molecule has 7 heteroatoms. The van der Waals surface area contributed by atoms with Crippen molar-refractivity contribution in [2.24, 2.45) is 17.6 Å². The summed E-state index contributed by atoms with van der Waals surface area (Å²) in [7, 11) is 0. The molecule has 0 unspecified atom stereocenters. The molecule has 2 aromatic rings. The molecule has 124 valence electrons. The second-order valence-corrected chi connectivity index (χ2v) is 7.32. The number of aromatic nitrogens is 2. The third kappa shape index (κ3) is 3.40.